The Morgan fingerprint density at radius 1 is 1.26 bits per heavy atom. The van der Waals surface area contributed by atoms with Crippen molar-refractivity contribution in [1.82, 2.24) is 0 Å². The summed E-state index contributed by atoms with van der Waals surface area (Å²) < 4.78 is 4.54. The molecule has 1 rings (SSSR count). The zero-order chi connectivity index (χ0) is 14.8. The molecule has 3 atom stereocenters. The SMILES string of the molecule is N[C@@H](COC(=O)C1(O)C[C@@H](O)C(O)[C@H](O)C1)C(=O)O. The number of carboxylic acids is 1. The summed E-state index contributed by atoms with van der Waals surface area (Å²) in [4.78, 5) is 22.0. The third-order valence-corrected chi connectivity index (χ3v) is 2.97. The van der Waals surface area contributed by atoms with Gasteiger partial charge in [-0.15, -0.1) is 0 Å². The molecule has 0 heterocycles. The van der Waals surface area contributed by atoms with Crippen molar-refractivity contribution >= 4 is 11.9 Å². The monoisotopic (exact) mass is 279 g/mol. The van der Waals surface area contributed by atoms with E-state index < -0.39 is 61.3 Å². The van der Waals surface area contributed by atoms with Crippen LogP contribution in [0.4, 0.5) is 0 Å². The molecule has 1 aliphatic rings. The van der Waals surface area contributed by atoms with Crippen LogP contribution in [-0.2, 0) is 14.3 Å². The number of ether oxygens (including phenoxy) is 1. The maximum absolute atomic E-state index is 11.6. The molecule has 0 saturated heterocycles. The van der Waals surface area contributed by atoms with Crippen molar-refractivity contribution in [2.75, 3.05) is 6.61 Å². The van der Waals surface area contributed by atoms with Gasteiger partial charge in [-0.2, -0.15) is 0 Å². The van der Waals surface area contributed by atoms with Crippen LogP contribution in [0.15, 0.2) is 0 Å². The van der Waals surface area contributed by atoms with Crippen molar-refractivity contribution in [3.63, 3.8) is 0 Å². The van der Waals surface area contributed by atoms with E-state index in [2.05, 4.69) is 4.74 Å². The van der Waals surface area contributed by atoms with Crippen LogP contribution < -0.4 is 5.73 Å². The summed E-state index contributed by atoms with van der Waals surface area (Å²) in [7, 11) is 0. The largest absolute Gasteiger partial charge is 0.480 e. The Morgan fingerprint density at radius 3 is 2.16 bits per heavy atom. The minimum absolute atomic E-state index is 0.521. The molecule has 19 heavy (non-hydrogen) atoms. The number of carbonyl (C=O) groups excluding carboxylic acids is 1. The van der Waals surface area contributed by atoms with E-state index in [1.807, 2.05) is 0 Å². The van der Waals surface area contributed by atoms with E-state index in [-0.39, 0.29) is 0 Å². The second kappa shape index (κ2) is 5.80. The molecule has 0 aliphatic heterocycles. The Bertz CT molecular complexity index is 347. The maximum Gasteiger partial charge on any atom is 0.338 e. The number of carbonyl (C=O) groups is 2. The average molecular weight is 279 g/mol. The topological polar surface area (TPSA) is 171 Å². The van der Waals surface area contributed by atoms with Crippen LogP contribution in [0.5, 0.6) is 0 Å². The van der Waals surface area contributed by atoms with Crippen LogP contribution in [0.3, 0.4) is 0 Å². The summed E-state index contributed by atoms with van der Waals surface area (Å²) >= 11 is 0. The van der Waals surface area contributed by atoms with Crippen molar-refractivity contribution in [3.8, 4) is 0 Å². The fourth-order valence-corrected chi connectivity index (χ4v) is 1.81. The normalized spacial score (nSPS) is 36.6. The zero-order valence-electron chi connectivity index (χ0n) is 9.97. The number of rotatable bonds is 4. The third kappa shape index (κ3) is 3.61. The molecule has 0 aromatic heterocycles. The lowest BCUT2D eigenvalue weighted by Crippen LogP contribution is -2.57. The van der Waals surface area contributed by atoms with E-state index in [0.717, 1.165) is 0 Å². The molecule has 0 aromatic rings. The van der Waals surface area contributed by atoms with Gasteiger partial charge in [0.25, 0.3) is 0 Å². The third-order valence-electron chi connectivity index (χ3n) is 2.97. The van der Waals surface area contributed by atoms with E-state index in [9.17, 15) is 30.0 Å². The number of aliphatic hydroxyl groups excluding tert-OH is 3. The van der Waals surface area contributed by atoms with Crippen molar-refractivity contribution in [1.29, 1.82) is 0 Å². The second-order valence-electron chi connectivity index (χ2n) is 4.61. The first-order chi connectivity index (χ1) is 8.67. The number of hydrogen-bond donors (Lipinski definition) is 6. The van der Waals surface area contributed by atoms with Crippen LogP contribution >= 0.6 is 0 Å². The maximum atomic E-state index is 11.6. The van der Waals surface area contributed by atoms with Crippen molar-refractivity contribution in [2.24, 2.45) is 5.73 Å². The second-order valence-corrected chi connectivity index (χ2v) is 4.61. The Balaban J connectivity index is 2.62. The van der Waals surface area contributed by atoms with Crippen molar-refractivity contribution in [3.05, 3.63) is 0 Å². The minimum atomic E-state index is -2.18. The molecule has 0 amide bonds. The minimum Gasteiger partial charge on any atom is -0.480 e. The number of aliphatic hydroxyl groups is 4. The van der Waals surface area contributed by atoms with Gasteiger partial charge in [0.05, 0.1) is 12.2 Å². The van der Waals surface area contributed by atoms with Crippen LogP contribution in [0.25, 0.3) is 0 Å². The number of carboxylic acid groups (broad SMARTS) is 1. The summed E-state index contributed by atoms with van der Waals surface area (Å²) in [6.45, 7) is -0.648. The van der Waals surface area contributed by atoms with Gasteiger partial charge in [-0.1, -0.05) is 0 Å². The van der Waals surface area contributed by atoms with Crippen LogP contribution in [0, 0.1) is 0 Å². The number of hydrogen-bond acceptors (Lipinski definition) is 8. The summed E-state index contributed by atoms with van der Waals surface area (Å²) in [6.07, 6.45) is -5.49. The summed E-state index contributed by atoms with van der Waals surface area (Å²) in [5.41, 5.74) is 2.93. The van der Waals surface area contributed by atoms with Gasteiger partial charge in [0.1, 0.15) is 18.8 Å². The van der Waals surface area contributed by atoms with Crippen LogP contribution in [0.2, 0.25) is 0 Å². The fourth-order valence-electron chi connectivity index (χ4n) is 1.81. The van der Waals surface area contributed by atoms with Gasteiger partial charge in [-0.3, -0.25) is 4.79 Å². The van der Waals surface area contributed by atoms with E-state index in [1.165, 1.54) is 0 Å². The highest BCUT2D eigenvalue weighted by Crippen LogP contribution is 2.30. The first-order valence-electron chi connectivity index (χ1n) is 5.59. The van der Waals surface area contributed by atoms with Crippen LogP contribution in [-0.4, -0.2) is 74.0 Å². The smallest absolute Gasteiger partial charge is 0.338 e. The molecule has 9 heteroatoms. The molecule has 7 N–H and O–H groups in total. The van der Waals surface area contributed by atoms with Gasteiger partial charge in [-0.25, -0.2) is 4.79 Å². The quantitative estimate of drug-likeness (QED) is 0.286. The van der Waals surface area contributed by atoms with E-state index in [4.69, 9.17) is 10.8 Å². The lowest BCUT2D eigenvalue weighted by molar-refractivity contribution is -0.193. The van der Waals surface area contributed by atoms with Crippen molar-refractivity contribution in [2.45, 2.75) is 42.8 Å². The molecule has 0 aromatic carbocycles. The molecular weight excluding hydrogens is 262 g/mol. The Kier molecular flexibility index (Phi) is 4.82. The first-order valence-corrected chi connectivity index (χ1v) is 5.59. The molecule has 0 unspecified atom stereocenters. The van der Waals surface area contributed by atoms with Crippen molar-refractivity contribution < 1.29 is 39.9 Å². The molecule has 0 spiro atoms. The lowest BCUT2D eigenvalue weighted by atomic mass is 9.80. The van der Waals surface area contributed by atoms with Gasteiger partial charge in [0.2, 0.25) is 0 Å². The zero-order valence-corrected chi connectivity index (χ0v) is 9.97. The van der Waals surface area contributed by atoms with Gasteiger partial charge in [0, 0.05) is 12.8 Å². The number of nitrogens with two attached hydrogens (primary N) is 1. The van der Waals surface area contributed by atoms with Gasteiger partial charge in [0.15, 0.2) is 5.60 Å². The highest BCUT2D eigenvalue weighted by molar-refractivity contribution is 5.80. The standard InChI is InChI=1S/C10H17NO8/c11-4(8(15)16)3-19-9(17)10(18)1-5(12)7(14)6(13)2-10/h4-7,12-14,18H,1-3,11H2,(H,15,16)/t4-,5+,6+,7?,10?/m0/s1. The number of esters is 1. The fraction of sp³-hybridized carbons (Fsp3) is 0.800. The lowest BCUT2D eigenvalue weighted by Gasteiger charge is -2.38. The molecule has 0 bridgehead atoms. The highest BCUT2D eigenvalue weighted by atomic mass is 16.6. The van der Waals surface area contributed by atoms with E-state index in [0.29, 0.717) is 0 Å². The molecule has 9 nitrogen and oxygen atoms in total. The molecule has 110 valence electrons. The highest BCUT2D eigenvalue weighted by Gasteiger charge is 2.49. The molecule has 0 radical (unpaired) electrons. The van der Waals surface area contributed by atoms with Gasteiger partial charge < -0.3 is 36.0 Å². The molecule has 1 aliphatic carbocycles. The van der Waals surface area contributed by atoms with E-state index >= 15 is 0 Å². The first kappa shape index (κ1) is 15.8. The summed E-state index contributed by atoms with van der Waals surface area (Å²) in [5, 5.41) is 46.5. The molecular formula is C10H17NO8. The molecule has 1 fully saturated rings. The van der Waals surface area contributed by atoms with Gasteiger partial charge >= 0.3 is 11.9 Å². The average Bonchev–Trinajstić information content (AvgIpc) is 2.32. The Hall–Kier alpha value is -1.26. The predicted molar refractivity (Wildman–Crippen MR) is 58.8 cm³/mol. The predicted octanol–water partition coefficient (Wildman–Crippen LogP) is -3.45. The molecule has 1 saturated carbocycles. The summed E-state index contributed by atoms with van der Waals surface area (Å²) in [6, 6.07) is -1.43. The number of aliphatic carboxylic acids is 1. The summed E-state index contributed by atoms with van der Waals surface area (Å²) in [5.74, 6) is -2.58. The van der Waals surface area contributed by atoms with E-state index in [1.54, 1.807) is 0 Å². The Morgan fingerprint density at radius 2 is 1.74 bits per heavy atom. The van der Waals surface area contributed by atoms with Crippen LogP contribution in [0.1, 0.15) is 12.8 Å². The Labute approximate surface area is 108 Å². The van der Waals surface area contributed by atoms with Gasteiger partial charge in [-0.05, 0) is 0 Å².